The van der Waals surface area contributed by atoms with Gasteiger partial charge in [0.1, 0.15) is 0 Å². The Hall–Kier alpha value is -1.56. The Morgan fingerprint density at radius 3 is 2.64 bits per heavy atom. The van der Waals surface area contributed by atoms with E-state index < -0.39 is 0 Å². The molecule has 0 fully saturated rings. The van der Waals surface area contributed by atoms with E-state index in [2.05, 4.69) is 54.5 Å². The van der Waals surface area contributed by atoms with E-state index in [1.54, 1.807) is 0 Å². The molecule has 0 amide bonds. The number of aromatic nitrogens is 2. The lowest BCUT2D eigenvalue weighted by Crippen LogP contribution is -2.42. The molecule has 0 saturated heterocycles. The zero-order valence-corrected chi connectivity index (χ0v) is 16.9. The van der Waals surface area contributed by atoms with Gasteiger partial charge in [-0.25, -0.2) is 0 Å². The maximum absolute atomic E-state index is 4.71. The molecular weight excluding hydrogens is 312 g/mol. The van der Waals surface area contributed by atoms with Crippen molar-refractivity contribution >= 4 is 5.96 Å². The van der Waals surface area contributed by atoms with Crippen molar-refractivity contribution in [1.82, 2.24) is 25.3 Å². The first kappa shape index (κ1) is 21.5. The topological polar surface area (TPSA) is 57.5 Å². The number of aliphatic imine (C=N–C) groups is 1. The third-order valence-corrected chi connectivity index (χ3v) is 4.39. The zero-order chi connectivity index (χ0) is 18.5. The summed E-state index contributed by atoms with van der Waals surface area (Å²) < 4.78 is 1.85. The quantitative estimate of drug-likeness (QED) is 0.345. The minimum absolute atomic E-state index is 0.437. The molecule has 1 rings (SSSR count). The summed E-state index contributed by atoms with van der Waals surface area (Å²) in [5.74, 6) is 0.934. The third kappa shape index (κ3) is 9.48. The predicted molar refractivity (Wildman–Crippen MR) is 107 cm³/mol. The van der Waals surface area contributed by atoms with Gasteiger partial charge < -0.3 is 15.5 Å². The first-order valence-electron chi connectivity index (χ1n) is 9.83. The highest BCUT2D eigenvalue weighted by molar-refractivity contribution is 5.80. The average Bonchev–Trinajstić information content (AvgIpc) is 3.01. The molecule has 0 aromatic carbocycles. The Morgan fingerprint density at radius 2 is 2.04 bits per heavy atom. The van der Waals surface area contributed by atoms with Crippen LogP contribution in [0.25, 0.3) is 0 Å². The molecule has 1 heterocycles. The van der Waals surface area contributed by atoms with Crippen LogP contribution in [0.15, 0.2) is 17.4 Å². The molecule has 0 spiro atoms. The summed E-state index contributed by atoms with van der Waals surface area (Å²) in [5, 5.41) is 11.1. The molecule has 144 valence electrons. The molecule has 6 heteroatoms. The Kier molecular flexibility index (Phi) is 11.0. The van der Waals surface area contributed by atoms with Gasteiger partial charge in [0, 0.05) is 32.4 Å². The van der Waals surface area contributed by atoms with Gasteiger partial charge in [-0.1, -0.05) is 13.8 Å². The molecule has 0 aliphatic rings. The van der Waals surface area contributed by atoms with E-state index in [4.69, 9.17) is 4.99 Å². The van der Waals surface area contributed by atoms with E-state index in [1.807, 2.05) is 17.9 Å². The highest BCUT2D eigenvalue weighted by atomic mass is 15.2. The molecule has 6 nitrogen and oxygen atoms in total. The van der Waals surface area contributed by atoms with Gasteiger partial charge >= 0.3 is 0 Å². The number of hydrogen-bond acceptors (Lipinski definition) is 3. The van der Waals surface area contributed by atoms with Crippen LogP contribution >= 0.6 is 0 Å². The number of nitrogens with zero attached hydrogens (tertiary/aromatic N) is 4. The summed E-state index contributed by atoms with van der Waals surface area (Å²) in [4.78, 5) is 7.18. The van der Waals surface area contributed by atoms with Crippen LogP contribution in [-0.4, -0.2) is 59.4 Å². The Balaban J connectivity index is 2.30. The fourth-order valence-electron chi connectivity index (χ4n) is 2.86. The van der Waals surface area contributed by atoms with Crippen molar-refractivity contribution < 1.29 is 0 Å². The van der Waals surface area contributed by atoms with E-state index in [-0.39, 0.29) is 0 Å². The monoisotopic (exact) mass is 350 g/mol. The smallest absolute Gasteiger partial charge is 0.191 e. The summed E-state index contributed by atoms with van der Waals surface area (Å²) in [7, 11) is 1.95. The molecule has 0 aliphatic heterocycles. The Labute approximate surface area is 154 Å². The van der Waals surface area contributed by atoms with Gasteiger partial charge in [0.25, 0.3) is 0 Å². The number of hydrogen-bond donors (Lipinski definition) is 2. The van der Waals surface area contributed by atoms with E-state index in [0.717, 1.165) is 51.4 Å². The SMILES string of the molecule is CCNC(=NCCCc1cnn(C)c1)NC(C)CCCN(CC)CC. The number of nitrogens with one attached hydrogen (secondary N) is 2. The number of rotatable bonds is 12. The van der Waals surface area contributed by atoms with Crippen molar-refractivity contribution in [1.29, 1.82) is 0 Å². The van der Waals surface area contributed by atoms with Gasteiger partial charge in [-0.2, -0.15) is 5.10 Å². The van der Waals surface area contributed by atoms with Crippen LogP contribution in [0.1, 0.15) is 52.5 Å². The van der Waals surface area contributed by atoms with Gasteiger partial charge in [0.15, 0.2) is 5.96 Å². The van der Waals surface area contributed by atoms with Gasteiger partial charge in [-0.3, -0.25) is 9.67 Å². The molecular formula is C19H38N6. The summed E-state index contributed by atoms with van der Waals surface area (Å²) in [6.07, 6.45) is 8.46. The number of guanidine groups is 1. The zero-order valence-electron chi connectivity index (χ0n) is 16.9. The molecule has 25 heavy (non-hydrogen) atoms. The highest BCUT2D eigenvalue weighted by Crippen LogP contribution is 2.02. The summed E-state index contributed by atoms with van der Waals surface area (Å²) in [5.41, 5.74) is 1.28. The number of aryl methyl sites for hydroxylation is 2. The van der Waals surface area contributed by atoms with Gasteiger partial charge in [-0.15, -0.1) is 0 Å². The average molecular weight is 351 g/mol. The summed E-state index contributed by atoms with van der Waals surface area (Å²) in [6, 6.07) is 0.437. The van der Waals surface area contributed by atoms with E-state index in [0.29, 0.717) is 6.04 Å². The molecule has 0 radical (unpaired) electrons. The maximum atomic E-state index is 4.71. The molecule has 2 N–H and O–H groups in total. The molecule has 1 unspecified atom stereocenters. The van der Waals surface area contributed by atoms with Gasteiger partial charge in [-0.05, 0) is 64.7 Å². The molecule has 1 aromatic heterocycles. The normalized spacial score (nSPS) is 13.3. The lowest BCUT2D eigenvalue weighted by molar-refractivity contribution is 0.292. The molecule has 1 aromatic rings. The van der Waals surface area contributed by atoms with E-state index in [9.17, 15) is 0 Å². The highest BCUT2D eigenvalue weighted by Gasteiger charge is 2.06. The fourth-order valence-corrected chi connectivity index (χ4v) is 2.86. The first-order valence-corrected chi connectivity index (χ1v) is 9.83. The lowest BCUT2D eigenvalue weighted by atomic mass is 10.2. The summed E-state index contributed by atoms with van der Waals surface area (Å²) >= 11 is 0. The van der Waals surface area contributed by atoms with Crippen molar-refractivity contribution in [3.05, 3.63) is 18.0 Å². The van der Waals surface area contributed by atoms with Crippen LogP contribution < -0.4 is 10.6 Å². The molecule has 0 aliphatic carbocycles. The van der Waals surface area contributed by atoms with Crippen LogP contribution in [-0.2, 0) is 13.5 Å². The van der Waals surface area contributed by atoms with E-state index in [1.165, 1.54) is 18.5 Å². The van der Waals surface area contributed by atoms with Crippen LogP contribution in [0, 0.1) is 0 Å². The Morgan fingerprint density at radius 1 is 1.28 bits per heavy atom. The Bertz CT molecular complexity index is 478. The van der Waals surface area contributed by atoms with Crippen molar-refractivity contribution in [2.75, 3.05) is 32.7 Å². The summed E-state index contributed by atoms with van der Waals surface area (Å²) in [6.45, 7) is 14.0. The minimum Gasteiger partial charge on any atom is -0.357 e. The lowest BCUT2D eigenvalue weighted by Gasteiger charge is -2.21. The second-order valence-corrected chi connectivity index (χ2v) is 6.60. The first-order chi connectivity index (χ1) is 12.1. The van der Waals surface area contributed by atoms with Crippen LogP contribution in [0.2, 0.25) is 0 Å². The van der Waals surface area contributed by atoms with Crippen LogP contribution in [0.4, 0.5) is 0 Å². The van der Waals surface area contributed by atoms with Crippen molar-refractivity contribution in [2.45, 2.75) is 59.4 Å². The fraction of sp³-hybridized carbons (Fsp3) is 0.789. The second kappa shape index (κ2) is 12.8. The van der Waals surface area contributed by atoms with Crippen molar-refractivity contribution in [2.24, 2.45) is 12.0 Å². The second-order valence-electron chi connectivity index (χ2n) is 6.60. The maximum Gasteiger partial charge on any atom is 0.191 e. The minimum atomic E-state index is 0.437. The van der Waals surface area contributed by atoms with Gasteiger partial charge in [0.05, 0.1) is 6.20 Å². The largest absolute Gasteiger partial charge is 0.357 e. The van der Waals surface area contributed by atoms with Crippen LogP contribution in [0.3, 0.4) is 0 Å². The van der Waals surface area contributed by atoms with Gasteiger partial charge in [0.2, 0.25) is 0 Å². The van der Waals surface area contributed by atoms with Crippen molar-refractivity contribution in [3.63, 3.8) is 0 Å². The molecule has 0 bridgehead atoms. The third-order valence-electron chi connectivity index (χ3n) is 4.39. The molecule has 1 atom stereocenters. The standard InChI is InChI=1S/C19H38N6/c1-6-20-19(21-13-9-12-18-15-22-24(5)16-18)23-17(4)11-10-14-25(7-2)8-3/h15-17H,6-14H2,1-5H3,(H2,20,21,23). The predicted octanol–water partition coefficient (Wildman–Crippen LogP) is 2.42. The molecule has 0 saturated carbocycles. The van der Waals surface area contributed by atoms with E-state index >= 15 is 0 Å². The van der Waals surface area contributed by atoms with Crippen LogP contribution in [0.5, 0.6) is 0 Å². The van der Waals surface area contributed by atoms with Crippen molar-refractivity contribution in [3.8, 4) is 0 Å².